The Kier molecular flexibility index (Phi) is 5.89. The number of alkyl halides is 3. The van der Waals surface area contributed by atoms with Crippen LogP contribution in [-0.2, 0) is 14.3 Å². The van der Waals surface area contributed by atoms with Gasteiger partial charge in [-0.1, -0.05) is 19.9 Å². The number of esters is 1. The van der Waals surface area contributed by atoms with Crippen LogP contribution >= 0.6 is 11.8 Å². The molecule has 0 aromatic carbocycles. The Morgan fingerprint density at radius 1 is 1.22 bits per heavy atom. The lowest BCUT2D eigenvalue weighted by atomic mass is 9.45. The minimum atomic E-state index is -1.86. The second-order valence-electron chi connectivity index (χ2n) is 11.0. The van der Waals surface area contributed by atoms with Gasteiger partial charge in [-0.3, -0.25) is 9.59 Å². The van der Waals surface area contributed by atoms with Crippen LogP contribution in [0.5, 0.6) is 0 Å². The summed E-state index contributed by atoms with van der Waals surface area (Å²) in [4.78, 5) is 38.6. The van der Waals surface area contributed by atoms with Gasteiger partial charge in [-0.2, -0.15) is 0 Å². The summed E-state index contributed by atoms with van der Waals surface area (Å²) in [6.45, 7) is 5.17. The number of ether oxygens (including phenoxy) is 1. The average Bonchev–Trinajstić information content (AvgIpc) is 3.44. The van der Waals surface area contributed by atoms with Gasteiger partial charge in [0.1, 0.15) is 17.8 Å². The molecular weight excluding hydrogens is 493 g/mol. The monoisotopic (exact) mass is 522 g/mol. The van der Waals surface area contributed by atoms with Crippen LogP contribution in [0.25, 0.3) is 0 Å². The number of fused-ring (bicyclic) bond motifs is 5. The first kappa shape index (κ1) is 25.4. The largest absolute Gasteiger partial charge is 0.457 e. The third-order valence-electron chi connectivity index (χ3n) is 9.65. The number of furan rings is 1. The van der Waals surface area contributed by atoms with E-state index in [4.69, 9.17) is 9.15 Å². The number of rotatable bonds is 4. The van der Waals surface area contributed by atoms with E-state index >= 15 is 8.78 Å². The van der Waals surface area contributed by atoms with Crippen molar-refractivity contribution in [3.05, 3.63) is 48.0 Å². The first-order valence-corrected chi connectivity index (χ1v) is 13.2. The van der Waals surface area contributed by atoms with Gasteiger partial charge < -0.3 is 9.15 Å². The highest BCUT2D eigenvalue weighted by Crippen LogP contribution is 2.72. The van der Waals surface area contributed by atoms with Crippen LogP contribution in [0.15, 0.2) is 46.6 Å². The molecule has 8 atom stereocenters. The number of carbonyl (C=O) groups excluding carboxylic acids is 3. The standard InChI is InChI=1S/C27H29F3O5S/c1-15-11-17-18-13-20(29)19-12-16(31)6-7-24(19,2)26(18,30)9-8-25(17,3)27(15,23(33)36-14-28)35-22(32)21-5-4-10-34-21/h4-7,10,12,15,17-18,20H,8-9,11,13-14H2,1-3H3/t15-,17?,18?,20+,24?,25?,26-,27+/m1/s1. The Labute approximate surface area is 211 Å². The SMILES string of the molecule is C[C@@H]1CC2C3C[C@H](F)C4=CC(=O)C=CC4(C)[C@@]3(F)CCC2(C)[C@@]1(OC(=O)c1ccco1)C(=O)SCF. The zero-order chi connectivity index (χ0) is 26.1. The average molecular weight is 523 g/mol. The van der Waals surface area contributed by atoms with Crippen molar-refractivity contribution in [2.45, 2.75) is 63.9 Å². The van der Waals surface area contributed by atoms with Crippen molar-refractivity contribution in [2.24, 2.45) is 28.6 Å². The van der Waals surface area contributed by atoms with Gasteiger partial charge in [-0.25, -0.2) is 18.0 Å². The molecule has 5 nitrogen and oxygen atoms in total. The highest BCUT2D eigenvalue weighted by atomic mass is 32.2. The number of halogens is 3. The number of hydrogen-bond donors (Lipinski definition) is 0. The second-order valence-corrected chi connectivity index (χ2v) is 11.9. The van der Waals surface area contributed by atoms with Gasteiger partial charge in [0.25, 0.3) is 0 Å². The Morgan fingerprint density at radius 3 is 2.64 bits per heavy atom. The molecule has 4 aliphatic rings. The normalized spacial score (nSPS) is 43.3. The molecule has 4 unspecified atom stereocenters. The molecule has 0 amide bonds. The van der Waals surface area contributed by atoms with Crippen LogP contribution < -0.4 is 0 Å². The summed E-state index contributed by atoms with van der Waals surface area (Å²) >= 11 is 0.432. The van der Waals surface area contributed by atoms with E-state index in [1.54, 1.807) is 20.8 Å². The smallest absolute Gasteiger partial charge is 0.375 e. The molecule has 3 saturated carbocycles. The molecule has 1 aromatic rings. The van der Waals surface area contributed by atoms with Gasteiger partial charge >= 0.3 is 5.97 Å². The topological polar surface area (TPSA) is 73.6 Å². The molecule has 4 aliphatic carbocycles. The lowest BCUT2D eigenvalue weighted by Crippen LogP contribution is -2.65. The van der Waals surface area contributed by atoms with Gasteiger partial charge in [0.2, 0.25) is 10.9 Å². The summed E-state index contributed by atoms with van der Waals surface area (Å²) in [5.74, 6) is -3.17. The molecule has 0 aliphatic heterocycles. The maximum Gasteiger partial charge on any atom is 0.375 e. The van der Waals surface area contributed by atoms with Gasteiger partial charge in [-0.05, 0) is 80.1 Å². The molecule has 5 rings (SSSR count). The molecule has 0 radical (unpaired) electrons. The lowest BCUT2D eigenvalue weighted by molar-refractivity contribution is -0.179. The Morgan fingerprint density at radius 2 is 1.97 bits per heavy atom. The van der Waals surface area contributed by atoms with Gasteiger partial charge in [0, 0.05) is 22.7 Å². The summed E-state index contributed by atoms with van der Waals surface area (Å²) in [5, 5.41) is -0.628. The first-order valence-electron chi connectivity index (χ1n) is 12.2. The summed E-state index contributed by atoms with van der Waals surface area (Å²) in [6.07, 6.45) is 4.09. The van der Waals surface area contributed by atoms with E-state index in [0.717, 1.165) is 0 Å². The second kappa shape index (κ2) is 8.36. The summed E-state index contributed by atoms with van der Waals surface area (Å²) in [7, 11) is 0. The van der Waals surface area contributed by atoms with Crippen LogP contribution in [0.2, 0.25) is 0 Å². The van der Waals surface area contributed by atoms with E-state index in [1.165, 1.54) is 36.6 Å². The molecule has 1 heterocycles. The maximum atomic E-state index is 17.2. The third kappa shape index (κ3) is 3.13. The number of allylic oxidation sites excluding steroid dienone is 4. The summed E-state index contributed by atoms with van der Waals surface area (Å²) in [5.41, 5.74) is -5.80. The summed E-state index contributed by atoms with van der Waals surface area (Å²) in [6, 6.07) is 1.93. The fraction of sp³-hybridized carbons (Fsp3) is 0.593. The molecule has 0 saturated heterocycles. The van der Waals surface area contributed by atoms with Crippen molar-refractivity contribution >= 4 is 28.6 Å². The van der Waals surface area contributed by atoms with Gasteiger partial charge in [0.05, 0.1) is 6.26 Å². The van der Waals surface area contributed by atoms with E-state index < -0.39 is 63.1 Å². The van der Waals surface area contributed by atoms with E-state index in [2.05, 4.69) is 0 Å². The number of hydrogen-bond acceptors (Lipinski definition) is 6. The van der Waals surface area contributed by atoms with Crippen molar-refractivity contribution in [3.63, 3.8) is 0 Å². The molecule has 1 aromatic heterocycles. The number of carbonyl (C=O) groups is 3. The predicted molar refractivity (Wildman–Crippen MR) is 127 cm³/mol. The summed E-state index contributed by atoms with van der Waals surface area (Å²) < 4.78 is 57.4. The molecule has 3 fully saturated rings. The highest BCUT2D eigenvalue weighted by molar-refractivity contribution is 8.13. The van der Waals surface area contributed by atoms with Crippen LogP contribution in [0, 0.1) is 28.6 Å². The van der Waals surface area contributed by atoms with E-state index in [9.17, 15) is 18.8 Å². The Balaban J connectivity index is 1.60. The minimum Gasteiger partial charge on any atom is -0.457 e. The molecule has 0 N–H and O–H groups in total. The molecule has 194 valence electrons. The van der Waals surface area contributed by atoms with E-state index in [0.29, 0.717) is 18.2 Å². The van der Waals surface area contributed by atoms with Crippen LogP contribution in [-0.4, -0.2) is 40.3 Å². The molecule has 36 heavy (non-hydrogen) atoms. The van der Waals surface area contributed by atoms with Crippen molar-refractivity contribution < 1.29 is 36.7 Å². The fourth-order valence-electron chi connectivity index (χ4n) is 7.85. The van der Waals surface area contributed by atoms with E-state index in [1.807, 2.05) is 0 Å². The molecule has 9 heteroatoms. The van der Waals surface area contributed by atoms with E-state index in [-0.39, 0.29) is 36.4 Å². The predicted octanol–water partition coefficient (Wildman–Crippen LogP) is 5.96. The van der Waals surface area contributed by atoms with Crippen molar-refractivity contribution in [3.8, 4) is 0 Å². The zero-order valence-corrected chi connectivity index (χ0v) is 21.2. The molecule has 0 spiro atoms. The number of ketones is 1. The van der Waals surface area contributed by atoms with Crippen LogP contribution in [0.4, 0.5) is 13.2 Å². The third-order valence-corrected chi connectivity index (χ3v) is 10.3. The Hall–Kier alpha value is -2.29. The molecule has 0 bridgehead atoms. The van der Waals surface area contributed by atoms with Gasteiger partial charge in [-0.15, -0.1) is 0 Å². The van der Waals surface area contributed by atoms with Crippen molar-refractivity contribution in [1.29, 1.82) is 0 Å². The quantitative estimate of drug-likeness (QED) is 0.455. The van der Waals surface area contributed by atoms with Crippen molar-refractivity contribution in [1.82, 2.24) is 0 Å². The van der Waals surface area contributed by atoms with Crippen LogP contribution in [0.3, 0.4) is 0 Å². The van der Waals surface area contributed by atoms with Crippen molar-refractivity contribution in [2.75, 3.05) is 6.01 Å². The zero-order valence-electron chi connectivity index (χ0n) is 20.4. The minimum absolute atomic E-state index is 0.0237. The Bertz CT molecular complexity index is 1160. The van der Waals surface area contributed by atoms with Crippen LogP contribution in [0.1, 0.15) is 57.0 Å². The first-order chi connectivity index (χ1) is 16.9. The van der Waals surface area contributed by atoms with Gasteiger partial charge in [0.15, 0.2) is 11.4 Å². The lowest BCUT2D eigenvalue weighted by Gasteiger charge is -2.61. The maximum absolute atomic E-state index is 17.2. The highest BCUT2D eigenvalue weighted by Gasteiger charge is 2.75. The number of thioether (sulfide) groups is 1. The molecular formula is C27H29F3O5S. The fourth-order valence-corrected chi connectivity index (χ4v) is 8.64.